The summed E-state index contributed by atoms with van der Waals surface area (Å²) in [6.45, 7) is 2.77. The first kappa shape index (κ1) is 14.5. The number of anilines is 1. The van der Waals surface area contributed by atoms with Crippen LogP contribution in [0.15, 0.2) is 12.3 Å². The lowest BCUT2D eigenvalue weighted by atomic mass is 9.99. The highest BCUT2D eigenvalue weighted by molar-refractivity contribution is 6.30. The maximum Gasteiger partial charge on any atom is 0.313 e. The molecule has 1 aliphatic heterocycles. The molecule has 0 radical (unpaired) electrons. The number of esters is 1. The zero-order valence-electron chi connectivity index (χ0n) is 11.1. The number of nitrogens with zero attached hydrogens (tertiary/aromatic N) is 3. The minimum atomic E-state index is -0.523. The van der Waals surface area contributed by atoms with E-state index in [9.17, 15) is 14.9 Å². The molecule has 2 atom stereocenters. The van der Waals surface area contributed by atoms with E-state index in [1.54, 1.807) is 4.90 Å². The van der Waals surface area contributed by atoms with E-state index < -0.39 is 4.92 Å². The third kappa shape index (κ3) is 2.67. The van der Waals surface area contributed by atoms with Gasteiger partial charge in [-0.25, -0.2) is 4.98 Å². The first-order valence-electron chi connectivity index (χ1n) is 6.06. The van der Waals surface area contributed by atoms with E-state index in [4.69, 9.17) is 16.3 Å². The van der Waals surface area contributed by atoms with Gasteiger partial charge in [0.2, 0.25) is 5.82 Å². The molecule has 0 N–H and O–H groups in total. The molecular formula is C12H14ClN3O4. The molecule has 7 nitrogen and oxygen atoms in total. The summed E-state index contributed by atoms with van der Waals surface area (Å²) < 4.78 is 4.74. The number of hydrogen-bond donors (Lipinski definition) is 0. The normalized spacial score (nSPS) is 21.9. The SMILES string of the molecule is COC(=O)C1CN(c2ncc(Cl)cc2[N+](=O)[O-])CC1C. The summed E-state index contributed by atoms with van der Waals surface area (Å²) in [7, 11) is 1.33. The first-order chi connectivity index (χ1) is 9.43. The number of ether oxygens (including phenoxy) is 1. The van der Waals surface area contributed by atoms with Crippen molar-refractivity contribution in [1.29, 1.82) is 0 Å². The average molecular weight is 300 g/mol. The molecular weight excluding hydrogens is 286 g/mol. The molecule has 0 aliphatic carbocycles. The summed E-state index contributed by atoms with van der Waals surface area (Å²) in [5.74, 6) is -0.342. The predicted molar refractivity (Wildman–Crippen MR) is 72.8 cm³/mol. The summed E-state index contributed by atoms with van der Waals surface area (Å²) >= 11 is 5.74. The van der Waals surface area contributed by atoms with E-state index in [-0.39, 0.29) is 34.3 Å². The van der Waals surface area contributed by atoms with Crippen LogP contribution in [-0.2, 0) is 9.53 Å². The highest BCUT2D eigenvalue weighted by Crippen LogP contribution is 2.34. The van der Waals surface area contributed by atoms with E-state index in [0.717, 1.165) is 0 Å². The lowest BCUT2D eigenvalue weighted by molar-refractivity contribution is -0.384. The fraction of sp³-hybridized carbons (Fsp3) is 0.500. The van der Waals surface area contributed by atoms with Crippen molar-refractivity contribution in [2.45, 2.75) is 6.92 Å². The van der Waals surface area contributed by atoms with Gasteiger partial charge in [0.25, 0.3) is 0 Å². The zero-order chi connectivity index (χ0) is 14.9. The van der Waals surface area contributed by atoms with Gasteiger partial charge in [-0.3, -0.25) is 14.9 Å². The number of rotatable bonds is 3. The Morgan fingerprint density at radius 2 is 2.30 bits per heavy atom. The average Bonchev–Trinajstić information content (AvgIpc) is 2.79. The van der Waals surface area contributed by atoms with Gasteiger partial charge in [0.1, 0.15) is 0 Å². The second kappa shape index (κ2) is 5.62. The Kier molecular flexibility index (Phi) is 4.08. The molecule has 1 fully saturated rings. The van der Waals surface area contributed by atoms with Gasteiger partial charge in [-0.15, -0.1) is 0 Å². The number of aromatic nitrogens is 1. The third-order valence-electron chi connectivity index (χ3n) is 3.43. The molecule has 1 saturated heterocycles. The van der Waals surface area contributed by atoms with Crippen molar-refractivity contribution in [3.05, 3.63) is 27.4 Å². The van der Waals surface area contributed by atoms with Gasteiger partial charge in [0.05, 0.1) is 23.0 Å². The number of carbonyl (C=O) groups excluding carboxylic acids is 1. The van der Waals surface area contributed by atoms with Crippen molar-refractivity contribution >= 4 is 29.1 Å². The fourth-order valence-electron chi connectivity index (χ4n) is 2.40. The smallest absolute Gasteiger partial charge is 0.313 e. The number of halogens is 1. The second-order valence-electron chi connectivity index (χ2n) is 4.77. The van der Waals surface area contributed by atoms with Gasteiger partial charge in [-0.05, 0) is 5.92 Å². The van der Waals surface area contributed by atoms with E-state index in [2.05, 4.69) is 4.98 Å². The highest BCUT2D eigenvalue weighted by Gasteiger charge is 2.38. The molecule has 20 heavy (non-hydrogen) atoms. The predicted octanol–water partition coefficient (Wildman–Crippen LogP) is 1.89. The number of carbonyl (C=O) groups is 1. The van der Waals surface area contributed by atoms with Crippen LogP contribution in [0.2, 0.25) is 5.02 Å². The van der Waals surface area contributed by atoms with Crippen molar-refractivity contribution in [2.75, 3.05) is 25.1 Å². The third-order valence-corrected chi connectivity index (χ3v) is 3.63. The van der Waals surface area contributed by atoms with Crippen molar-refractivity contribution in [3.63, 3.8) is 0 Å². The fourth-order valence-corrected chi connectivity index (χ4v) is 2.55. The van der Waals surface area contributed by atoms with Gasteiger partial charge < -0.3 is 9.64 Å². The van der Waals surface area contributed by atoms with Crippen LogP contribution >= 0.6 is 11.6 Å². The molecule has 0 saturated carbocycles. The lowest BCUT2D eigenvalue weighted by Crippen LogP contribution is -2.25. The Balaban J connectivity index is 2.30. The Morgan fingerprint density at radius 3 is 2.90 bits per heavy atom. The van der Waals surface area contributed by atoms with Gasteiger partial charge in [0.15, 0.2) is 0 Å². The van der Waals surface area contributed by atoms with Gasteiger partial charge in [-0.1, -0.05) is 18.5 Å². The van der Waals surface area contributed by atoms with Crippen LogP contribution in [0.3, 0.4) is 0 Å². The van der Waals surface area contributed by atoms with Gasteiger partial charge in [0, 0.05) is 25.4 Å². The Hall–Kier alpha value is -1.89. The van der Waals surface area contributed by atoms with Crippen molar-refractivity contribution in [2.24, 2.45) is 11.8 Å². The van der Waals surface area contributed by atoms with Crippen molar-refractivity contribution < 1.29 is 14.5 Å². The molecule has 8 heteroatoms. The minimum absolute atomic E-state index is 0.0412. The van der Waals surface area contributed by atoms with Crippen molar-refractivity contribution in [1.82, 2.24) is 4.98 Å². The summed E-state index contributed by atoms with van der Waals surface area (Å²) in [4.78, 5) is 28.0. The molecule has 0 bridgehead atoms. The number of nitro groups is 1. The summed E-state index contributed by atoms with van der Waals surface area (Å²) in [6.07, 6.45) is 1.36. The Bertz CT molecular complexity index is 552. The molecule has 2 rings (SSSR count). The van der Waals surface area contributed by atoms with Crippen molar-refractivity contribution in [3.8, 4) is 0 Å². The second-order valence-corrected chi connectivity index (χ2v) is 5.20. The van der Waals surface area contributed by atoms with E-state index in [1.165, 1.54) is 19.4 Å². The zero-order valence-corrected chi connectivity index (χ0v) is 11.8. The van der Waals surface area contributed by atoms with E-state index in [0.29, 0.717) is 13.1 Å². The monoisotopic (exact) mass is 299 g/mol. The quantitative estimate of drug-likeness (QED) is 0.481. The summed E-state index contributed by atoms with van der Waals surface area (Å²) in [5.41, 5.74) is -0.157. The van der Waals surface area contributed by atoms with Crippen LogP contribution in [0.4, 0.5) is 11.5 Å². The van der Waals surface area contributed by atoms with Gasteiger partial charge in [-0.2, -0.15) is 0 Å². The molecule has 2 unspecified atom stereocenters. The van der Waals surface area contributed by atoms with Crippen LogP contribution in [0.1, 0.15) is 6.92 Å². The molecule has 0 spiro atoms. The minimum Gasteiger partial charge on any atom is -0.469 e. The summed E-state index contributed by atoms with van der Waals surface area (Å²) in [6, 6.07) is 1.26. The summed E-state index contributed by atoms with van der Waals surface area (Å²) in [5, 5.41) is 11.3. The lowest BCUT2D eigenvalue weighted by Gasteiger charge is -2.16. The number of methoxy groups -OCH3 is 1. The standard InChI is InChI=1S/C12H14ClN3O4/c1-7-5-15(6-9(7)12(17)20-2)11-10(16(18)19)3-8(13)4-14-11/h3-4,7,9H,5-6H2,1-2H3. The topological polar surface area (TPSA) is 85.6 Å². The Labute approximate surface area is 120 Å². The maximum atomic E-state index is 11.7. The van der Waals surface area contributed by atoms with Crippen LogP contribution in [0, 0.1) is 22.0 Å². The molecule has 0 aromatic carbocycles. The number of pyridine rings is 1. The maximum absolute atomic E-state index is 11.7. The molecule has 1 aromatic heterocycles. The molecule has 2 heterocycles. The molecule has 1 aliphatic rings. The van der Waals surface area contributed by atoms with E-state index in [1.807, 2.05) is 6.92 Å². The first-order valence-corrected chi connectivity index (χ1v) is 6.44. The van der Waals surface area contributed by atoms with Crippen LogP contribution in [0.25, 0.3) is 0 Å². The van der Waals surface area contributed by atoms with Gasteiger partial charge >= 0.3 is 11.7 Å². The Morgan fingerprint density at radius 1 is 1.60 bits per heavy atom. The molecule has 0 amide bonds. The molecule has 108 valence electrons. The highest BCUT2D eigenvalue weighted by atomic mass is 35.5. The van der Waals surface area contributed by atoms with Crippen LogP contribution in [0.5, 0.6) is 0 Å². The number of hydrogen-bond acceptors (Lipinski definition) is 6. The largest absolute Gasteiger partial charge is 0.469 e. The van der Waals surface area contributed by atoms with Crippen LogP contribution in [-0.4, -0.2) is 36.1 Å². The molecule has 1 aromatic rings. The van der Waals surface area contributed by atoms with Crippen LogP contribution < -0.4 is 4.90 Å². The van der Waals surface area contributed by atoms with E-state index >= 15 is 0 Å².